The fourth-order valence-corrected chi connectivity index (χ4v) is 5.28. The second kappa shape index (κ2) is 12.9. The predicted molar refractivity (Wildman–Crippen MR) is 151 cm³/mol. The van der Waals surface area contributed by atoms with Gasteiger partial charge in [-0.05, 0) is 68.3 Å². The SMILES string of the molecule is N#Cc1ccc(-c2cnc(/C=C\C(=N)N3CCCC3c3cc(F)ccc3F)[nH]2)cc1NCCCN1CCOCC1. The van der Waals surface area contributed by atoms with Crippen LogP contribution in [0.25, 0.3) is 17.3 Å². The number of nitrogens with one attached hydrogen (secondary N) is 3. The first-order chi connectivity index (χ1) is 19.5. The number of rotatable bonds is 9. The first-order valence-electron chi connectivity index (χ1n) is 13.6. The minimum atomic E-state index is -0.484. The van der Waals surface area contributed by atoms with Crippen molar-refractivity contribution in [1.82, 2.24) is 19.8 Å². The lowest BCUT2D eigenvalue weighted by Gasteiger charge is -2.26. The predicted octanol–water partition coefficient (Wildman–Crippen LogP) is 5.19. The zero-order valence-electron chi connectivity index (χ0n) is 22.3. The van der Waals surface area contributed by atoms with Gasteiger partial charge in [0.15, 0.2) is 0 Å². The monoisotopic (exact) mass is 545 g/mol. The van der Waals surface area contributed by atoms with Gasteiger partial charge in [0.2, 0.25) is 0 Å². The van der Waals surface area contributed by atoms with E-state index < -0.39 is 11.6 Å². The Morgan fingerprint density at radius 3 is 2.88 bits per heavy atom. The molecule has 1 unspecified atom stereocenters. The van der Waals surface area contributed by atoms with E-state index in [1.165, 1.54) is 6.07 Å². The summed E-state index contributed by atoms with van der Waals surface area (Å²) in [5.74, 6) is -0.162. The fraction of sp³-hybridized carbons (Fsp3) is 0.367. The number of amidine groups is 1. The van der Waals surface area contributed by atoms with Crippen molar-refractivity contribution in [1.29, 1.82) is 10.7 Å². The quantitative estimate of drug-likeness (QED) is 0.194. The van der Waals surface area contributed by atoms with Crippen LogP contribution in [0.4, 0.5) is 14.5 Å². The van der Waals surface area contributed by atoms with Crippen LogP contribution in [0.1, 0.15) is 42.3 Å². The molecule has 10 heteroatoms. The molecule has 0 spiro atoms. The Morgan fingerprint density at radius 2 is 2.05 bits per heavy atom. The van der Waals surface area contributed by atoms with Crippen LogP contribution in [-0.4, -0.2) is 71.5 Å². The lowest BCUT2D eigenvalue weighted by Crippen LogP contribution is -2.37. The van der Waals surface area contributed by atoms with Gasteiger partial charge in [0.25, 0.3) is 0 Å². The lowest BCUT2D eigenvalue weighted by molar-refractivity contribution is 0.0378. The number of ether oxygens (including phenoxy) is 1. The largest absolute Gasteiger partial charge is 0.384 e. The van der Waals surface area contributed by atoms with Crippen LogP contribution in [0.2, 0.25) is 0 Å². The Balaban J connectivity index is 1.22. The van der Waals surface area contributed by atoms with Gasteiger partial charge in [0.1, 0.15) is 29.4 Å². The van der Waals surface area contributed by atoms with Crippen molar-refractivity contribution in [2.24, 2.45) is 0 Å². The number of H-pyrrole nitrogens is 1. The van der Waals surface area contributed by atoms with Gasteiger partial charge in [0.05, 0.1) is 42.4 Å². The summed E-state index contributed by atoms with van der Waals surface area (Å²) in [4.78, 5) is 11.9. The van der Waals surface area contributed by atoms with Crippen LogP contribution in [0.3, 0.4) is 0 Å². The van der Waals surface area contributed by atoms with Gasteiger partial charge in [-0.15, -0.1) is 0 Å². The average Bonchev–Trinajstić information content (AvgIpc) is 3.66. The van der Waals surface area contributed by atoms with Crippen LogP contribution in [-0.2, 0) is 4.74 Å². The summed E-state index contributed by atoms with van der Waals surface area (Å²) in [7, 11) is 0. The zero-order valence-corrected chi connectivity index (χ0v) is 22.3. The minimum Gasteiger partial charge on any atom is -0.384 e. The Bertz CT molecular complexity index is 1410. The van der Waals surface area contributed by atoms with Crippen LogP contribution in [0, 0.1) is 28.4 Å². The first-order valence-corrected chi connectivity index (χ1v) is 13.6. The maximum absolute atomic E-state index is 14.4. The molecular formula is C30H33F2N7O. The van der Waals surface area contributed by atoms with Crippen LogP contribution in [0.15, 0.2) is 48.7 Å². The first kappa shape index (κ1) is 27.5. The van der Waals surface area contributed by atoms with E-state index in [0.29, 0.717) is 24.4 Å². The Hall–Kier alpha value is -4.07. The van der Waals surface area contributed by atoms with Gasteiger partial charge in [-0.25, -0.2) is 13.8 Å². The van der Waals surface area contributed by atoms with Crippen LogP contribution < -0.4 is 5.32 Å². The van der Waals surface area contributed by atoms with E-state index in [1.807, 2.05) is 12.1 Å². The molecule has 2 aliphatic heterocycles. The molecule has 5 rings (SSSR count). The molecule has 208 valence electrons. The molecule has 1 atom stereocenters. The third-order valence-corrected chi connectivity index (χ3v) is 7.40. The minimum absolute atomic E-state index is 0.214. The Labute approximate surface area is 232 Å². The molecule has 0 aliphatic carbocycles. The van der Waals surface area contributed by atoms with E-state index in [4.69, 9.17) is 10.1 Å². The van der Waals surface area contributed by atoms with Crippen LogP contribution in [0.5, 0.6) is 0 Å². The number of nitrogens with zero attached hydrogens (tertiary/aromatic N) is 4. The summed E-state index contributed by atoms with van der Waals surface area (Å²) in [6.45, 7) is 5.82. The molecule has 2 aromatic carbocycles. The summed E-state index contributed by atoms with van der Waals surface area (Å²) in [5, 5.41) is 21.5. The second-order valence-electron chi connectivity index (χ2n) is 10.0. The van der Waals surface area contributed by atoms with Crippen molar-refractivity contribution in [3.8, 4) is 17.3 Å². The molecule has 0 amide bonds. The van der Waals surface area contributed by atoms with E-state index in [0.717, 1.165) is 81.3 Å². The number of nitriles is 1. The number of morpholine rings is 1. The maximum Gasteiger partial charge on any atom is 0.130 e. The van der Waals surface area contributed by atoms with Crippen molar-refractivity contribution in [2.45, 2.75) is 25.3 Å². The molecule has 0 radical (unpaired) electrons. The van der Waals surface area contributed by atoms with Crippen molar-refractivity contribution in [2.75, 3.05) is 51.3 Å². The molecule has 40 heavy (non-hydrogen) atoms. The number of aromatic amines is 1. The molecule has 3 aromatic rings. The number of likely N-dealkylation sites (tertiary alicyclic amines) is 1. The van der Waals surface area contributed by atoms with E-state index in [-0.39, 0.29) is 17.4 Å². The molecule has 3 heterocycles. The average molecular weight is 546 g/mol. The van der Waals surface area contributed by atoms with Crippen molar-refractivity contribution >= 4 is 17.6 Å². The normalized spacial score (nSPS) is 17.8. The van der Waals surface area contributed by atoms with Gasteiger partial charge >= 0.3 is 0 Å². The number of benzene rings is 2. The molecule has 3 N–H and O–H groups in total. The lowest BCUT2D eigenvalue weighted by atomic mass is 10.0. The molecule has 2 aliphatic rings. The number of hydrogen-bond acceptors (Lipinski definition) is 6. The molecule has 2 saturated heterocycles. The summed E-state index contributed by atoms with van der Waals surface area (Å²) >= 11 is 0. The number of hydrogen-bond donors (Lipinski definition) is 3. The topological polar surface area (TPSA) is 104 Å². The number of imidazole rings is 1. The highest BCUT2D eigenvalue weighted by Gasteiger charge is 2.29. The maximum atomic E-state index is 14.4. The van der Waals surface area contributed by atoms with Gasteiger partial charge in [-0.3, -0.25) is 10.3 Å². The van der Waals surface area contributed by atoms with E-state index in [2.05, 4.69) is 26.3 Å². The highest BCUT2D eigenvalue weighted by Crippen LogP contribution is 2.34. The molecule has 0 bridgehead atoms. The molecule has 8 nitrogen and oxygen atoms in total. The molecule has 0 saturated carbocycles. The van der Waals surface area contributed by atoms with Crippen molar-refractivity contribution < 1.29 is 13.5 Å². The fourth-order valence-electron chi connectivity index (χ4n) is 5.28. The number of aromatic nitrogens is 2. The van der Waals surface area contributed by atoms with Crippen molar-refractivity contribution in [3.63, 3.8) is 0 Å². The van der Waals surface area contributed by atoms with E-state index in [9.17, 15) is 14.0 Å². The van der Waals surface area contributed by atoms with E-state index in [1.54, 1.807) is 29.3 Å². The molecule has 2 fully saturated rings. The van der Waals surface area contributed by atoms with Crippen LogP contribution >= 0.6 is 0 Å². The standard InChI is InChI=1S/C30H33F2N7O/c31-23-6-7-25(32)24(18-23)28-3-1-12-39(28)29(34)8-9-30-36-20-27(37-30)21-4-5-22(19-33)26(17-21)35-10-2-11-38-13-15-40-16-14-38/h4-9,17-18,20,28,34-35H,1-3,10-16H2,(H,36,37)/b9-8-,34-29?. The highest BCUT2D eigenvalue weighted by atomic mass is 19.1. The Morgan fingerprint density at radius 1 is 1.20 bits per heavy atom. The summed E-state index contributed by atoms with van der Waals surface area (Å²) < 4.78 is 33.6. The highest BCUT2D eigenvalue weighted by molar-refractivity contribution is 5.94. The summed E-state index contributed by atoms with van der Waals surface area (Å²) in [5.41, 5.74) is 3.31. The third kappa shape index (κ3) is 6.55. The summed E-state index contributed by atoms with van der Waals surface area (Å²) in [6, 6.07) is 11.0. The van der Waals surface area contributed by atoms with E-state index >= 15 is 0 Å². The number of anilines is 1. The molecular weight excluding hydrogens is 512 g/mol. The zero-order chi connectivity index (χ0) is 27.9. The molecule has 1 aromatic heterocycles. The van der Waals surface area contributed by atoms with Crippen molar-refractivity contribution in [3.05, 3.63) is 77.3 Å². The third-order valence-electron chi connectivity index (χ3n) is 7.40. The summed E-state index contributed by atoms with van der Waals surface area (Å²) in [6.07, 6.45) is 7.46. The van der Waals surface area contributed by atoms with Gasteiger partial charge < -0.3 is 19.9 Å². The second-order valence-corrected chi connectivity index (χ2v) is 10.0. The van der Waals surface area contributed by atoms with Gasteiger partial charge in [0, 0.05) is 37.3 Å². The Kier molecular flexibility index (Phi) is 8.84. The van der Waals surface area contributed by atoms with Gasteiger partial charge in [-0.2, -0.15) is 5.26 Å². The number of halogens is 2. The smallest absolute Gasteiger partial charge is 0.130 e. The van der Waals surface area contributed by atoms with Gasteiger partial charge in [-0.1, -0.05) is 6.07 Å².